The van der Waals surface area contributed by atoms with Crippen LogP contribution in [0.1, 0.15) is 271 Å². The van der Waals surface area contributed by atoms with E-state index in [2.05, 4.69) is 111 Å². The molecular formula is C65H114NO8P. The average Bonchev–Trinajstić information content (AvgIpc) is 3.40. The highest BCUT2D eigenvalue weighted by molar-refractivity contribution is 7.47. The zero-order valence-electron chi connectivity index (χ0n) is 48.3. The molecule has 0 aliphatic heterocycles. The number of phosphoric ester groups is 1. The van der Waals surface area contributed by atoms with Gasteiger partial charge in [-0.3, -0.25) is 18.6 Å². The summed E-state index contributed by atoms with van der Waals surface area (Å²) in [6, 6.07) is 0. The highest BCUT2D eigenvalue weighted by Crippen LogP contribution is 2.43. The lowest BCUT2D eigenvalue weighted by molar-refractivity contribution is -0.161. The van der Waals surface area contributed by atoms with Gasteiger partial charge in [-0.1, -0.05) is 259 Å². The van der Waals surface area contributed by atoms with Crippen molar-refractivity contribution >= 4 is 19.8 Å². The normalized spacial score (nSPS) is 13.7. The van der Waals surface area contributed by atoms with Crippen molar-refractivity contribution in [3.05, 3.63) is 97.2 Å². The average molecular weight is 1070 g/mol. The van der Waals surface area contributed by atoms with Gasteiger partial charge in [0, 0.05) is 19.4 Å². The summed E-state index contributed by atoms with van der Waals surface area (Å²) in [4.78, 5) is 35.3. The number of hydrogen-bond acceptors (Lipinski definition) is 8. The van der Waals surface area contributed by atoms with Crippen molar-refractivity contribution in [3.8, 4) is 0 Å². The third-order valence-electron chi connectivity index (χ3n) is 13.0. The number of esters is 2. The molecule has 0 radical (unpaired) electrons. The first-order valence-electron chi connectivity index (χ1n) is 30.7. The number of hydrogen-bond donors (Lipinski definition) is 2. The monoisotopic (exact) mass is 1070 g/mol. The summed E-state index contributed by atoms with van der Waals surface area (Å²) in [6.07, 6.45) is 80.3. The van der Waals surface area contributed by atoms with Crippen molar-refractivity contribution < 1.29 is 37.6 Å². The summed E-state index contributed by atoms with van der Waals surface area (Å²) >= 11 is 0. The van der Waals surface area contributed by atoms with Gasteiger partial charge >= 0.3 is 19.8 Å². The van der Waals surface area contributed by atoms with Crippen molar-refractivity contribution in [2.45, 2.75) is 277 Å². The first-order chi connectivity index (χ1) is 36.8. The number of carbonyl (C=O) groups is 2. The lowest BCUT2D eigenvalue weighted by Gasteiger charge is -2.19. The van der Waals surface area contributed by atoms with Gasteiger partial charge in [-0.2, -0.15) is 0 Å². The van der Waals surface area contributed by atoms with Crippen LogP contribution in [0.2, 0.25) is 0 Å². The van der Waals surface area contributed by atoms with Gasteiger partial charge in [0.15, 0.2) is 6.10 Å². The maximum atomic E-state index is 12.7. The van der Waals surface area contributed by atoms with Crippen LogP contribution >= 0.6 is 7.82 Å². The van der Waals surface area contributed by atoms with Crippen molar-refractivity contribution in [2.24, 2.45) is 5.73 Å². The van der Waals surface area contributed by atoms with Crippen LogP contribution in [0.5, 0.6) is 0 Å². The molecule has 0 aliphatic rings. The molecule has 2 atom stereocenters. The highest BCUT2D eigenvalue weighted by atomic mass is 31.2. The van der Waals surface area contributed by atoms with E-state index in [0.717, 1.165) is 89.9 Å². The van der Waals surface area contributed by atoms with Crippen LogP contribution in [0.3, 0.4) is 0 Å². The van der Waals surface area contributed by atoms with Gasteiger partial charge in [-0.05, 0) is 96.3 Å². The topological polar surface area (TPSA) is 134 Å². The van der Waals surface area contributed by atoms with Crippen LogP contribution < -0.4 is 5.73 Å². The lowest BCUT2D eigenvalue weighted by Crippen LogP contribution is -2.29. The van der Waals surface area contributed by atoms with Gasteiger partial charge in [-0.25, -0.2) is 4.57 Å². The Kier molecular flexibility index (Phi) is 57.7. The van der Waals surface area contributed by atoms with Gasteiger partial charge in [0.25, 0.3) is 0 Å². The molecule has 0 amide bonds. The maximum Gasteiger partial charge on any atom is 0.472 e. The van der Waals surface area contributed by atoms with E-state index in [1.807, 2.05) is 0 Å². The fourth-order valence-corrected chi connectivity index (χ4v) is 9.20. The number of carbonyl (C=O) groups excluding carboxylic acids is 2. The fourth-order valence-electron chi connectivity index (χ4n) is 8.44. The molecule has 0 heterocycles. The summed E-state index contributed by atoms with van der Waals surface area (Å²) < 4.78 is 33.1. The second kappa shape index (κ2) is 60.2. The van der Waals surface area contributed by atoms with Crippen LogP contribution in [-0.4, -0.2) is 49.3 Å². The SMILES string of the molecule is CC/C=C\C/C=C\C/C=C\C/C=C\C/C=C\C/C=C\CCCCCCCCCCC(=O)OC(COC(=O)CCCCCCCCCCCCCCCCC/C=C\C/C=C\CCCCCCC)COP(=O)(O)OCCN. The van der Waals surface area contributed by atoms with Crippen molar-refractivity contribution in [2.75, 3.05) is 26.4 Å². The molecule has 0 aromatic heterocycles. The van der Waals surface area contributed by atoms with E-state index in [1.165, 1.54) is 148 Å². The summed E-state index contributed by atoms with van der Waals surface area (Å²) in [5.74, 6) is -0.835. The molecule has 10 heteroatoms. The lowest BCUT2D eigenvalue weighted by atomic mass is 10.0. The summed E-state index contributed by atoms with van der Waals surface area (Å²) in [5.41, 5.74) is 5.39. The Morgan fingerprint density at radius 2 is 0.733 bits per heavy atom. The zero-order valence-corrected chi connectivity index (χ0v) is 49.2. The van der Waals surface area contributed by atoms with Crippen LogP contribution in [0.15, 0.2) is 97.2 Å². The highest BCUT2D eigenvalue weighted by Gasteiger charge is 2.26. The number of phosphoric acid groups is 1. The molecule has 3 N–H and O–H groups in total. The van der Waals surface area contributed by atoms with Gasteiger partial charge in [0.05, 0.1) is 13.2 Å². The second-order valence-corrected chi connectivity index (χ2v) is 21.6. The van der Waals surface area contributed by atoms with Gasteiger partial charge < -0.3 is 20.1 Å². The Hall–Kier alpha value is -3.07. The van der Waals surface area contributed by atoms with Crippen molar-refractivity contribution in [3.63, 3.8) is 0 Å². The summed E-state index contributed by atoms with van der Waals surface area (Å²) in [5, 5.41) is 0. The first-order valence-corrected chi connectivity index (χ1v) is 32.2. The van der Waals surface area contributed by atoms with E-state index >= 15 is 0 Å². The maximum absolute atomic E-state index is 12.7. The van der Waals surface area contributed by atoms with Crippen LogP contribution in [0.25, 0.3) is 0 Å². The molecule has 0 fully saturated rings. The van der Waals surface area contributed by atoms with E-state index in [9.17, 15) is 19.0 Å². The van der Waals surface area contributed by atoms with Crippen LogP contribution in [0, 0.1) is 0 Å². The molecule has 432 valence electrons. The Morgan fingerprint density at radius 1 is 0.413 bits per heavy atom. The Bertz CT molecular complexity index is 1550. The van der Waals surface area contributed by atoms with E-state index in [1.54, 1.807) is 0 Å². The minimum absolute atomic E-state index is 0.0480. The van der Waals surface area contributed by atoms with E-state index in [-0.39, 0.29) is 38.6 Å². The number of allylic oxidation sites excluding steroid dienone is 16. The molecule has 0 spiro atoms. The smallest absolute Gasteiger partial charge is 0.462 e. The van der Waals surface area contributed by atoms with Crippen molar-refractivity contribution in [1.82, 2.24) is 0 Å². The molecule has 0 saturated heterocycles. The first kappa shape index (κ1) is 71.9. The molecule has 0 aliphatic carbocycles. The van der Waals surface area contributed by atoms with E-state index in [4.69, 9.17) is 24.3 Å². The standard InChI is InChI=1S/C65H114NO8P/c1-3-5-7-9-11-13-15-17-19-21-23-25-27-29-31-33-35-37-39-41-43-45-47-49-51-53-55-57-64(67)71-61-63(62-73-75(69,70)72-60-59-66)74-65(68)58-56-54-52-50-48-46-44-42-40-38-36-34-32-30-28-26-24-22-20-18-16-14-12-10-8-6-4-2/h6,8,12,14-15,17-18,20-21,23-24,26,30,32,36,38,63H,3-5,7,9-11,13,16,19,22,25,27-29,31,33-35,37,39-62,66H2,1-2H3,(H,69,70)/b8-6-,14-12-,17-15-,20-18-,23-21-,26-24-,32-30-,38-36-. The molecule has 0 rings (SSSR count). The number of nitrogens with two attached hydrogens (primary N) is 1. The molecule has 0 aromatic carbocycles. The fraction of sp³-hybridized carbons (Fsp3) is 0.723. The van der Waals surface area contributed by atoms with E-state index < -0.39 is 26.5 Å². The van der Waals surface area contributed by atoms with E-state index in [0.29, 0.717) is 6.42 Å². The largest absolute Gasteiger partial charge is 0.472 e. The minimum Gasteiger partial charge on any atom is -0.462 e. The predicted octanol–water partition coefficient (Wildman–Crippen LogP) is 19.6. The summed E-state index contributed by atoms with van der Waals surface area (Å²) in [7, 11) is -4.40. The number of ether oxygens (including phenoxy) is 2. The zero-order chi connectivity index (χ0) is 54.5. The van der Waals surface area contributed by atoms with Crippen LogP contribution in [-0.2, 0) is 32.7 Å². The Labute approximate surface area is 461 Å². The van der Waals surface area contributed by atoms with Crippen molar-refractivity contribution in [1.29, 1.82) is 0 Å². The molecule has 0 aromatic rings. The minimum atomic E-state index is -4.40. The number of rotatable bonds is 57. The molecule has 75 heavy (non-hydrogen) atoms. The molecular weight excluding hydrogens is 954 g/mol. The Morgan fingerprint density at radius 3 is 1.09 bits per heavy atom. The molecule has 0 saturated carbocycles. The Balaban J connectivity index is 3.98. The van der Waals surface area contributed by atoms with Gasteiger partial charge in [0.2, 0.25) is 0 Å². The molecule has 9 nitrogen and oxygen atoms in total. The quantitative estimate of drug-likeness (QED) is 0.0264. The second-order valence-electron chi connectivity index (χ2n) is 20.2. The van der Waals surface area contributed by atoms with Gasteiger partial charge in [0.1, 0.15) is 6.61 Å². The molecule has 0 bridgehead atoms. The third kappa shape index (κ3) is 60.0. The number of unbranched alkanes of at least 4 members (excludes halogenated alkanes) is 28. The molecule has 2 unspecified atom stereocenters. The van der Waals surface area contributed by atoms with Gasteiger partial charge in [-0.15, -0.1) is 0 Å². The summed E-state index contributed by atoms with van der Waals surface area (Å²) in [6.45, 7) is 3.63. The predicted molar refractivity (Wildman–Crippen MR) is 321 cm³/mol. The van der Waals surface area contributed by atoms with Crippen LogP contribution in [0.4, 0.5) is 0 Å². The third-order valence-corrected chi connectivity index (χ3v) is 13.9.